The summed E-state index contributed by atoms with van der Waals surface area (Å²) in [5, 5.41) is 8.74. The highest BCUT2D eigenvalue weighted by molar-refractivity contribution is 5.39. The number of aliphatic hydroxyl groups excluding tert-OH is 1. The molecule has 2 rings (SSSR count). The van der Waals surface area contributed by atoms with Gasteiger partial charge in [-0.25, -0.2) is 8.78 Å². The van der Waals surface area contributed by atoms with Crippen LogP contribution in [0.5, 0.6) is 11.5 Å². The molecular formula is C15H14F2O3. The van der Waals surface area contributed by atoms with E-state index in [1.165, 1.54) is 12.1 Å². The van der Waals surface area contributed by atoms with E-state index in [-0.39, 0.29) is 25.4 Å². The summed E-state index contributed by atoms with van der Waals surface area (Å²) in [6.45, 7) is -0.00216. The Morgan fingerprint density at radius 2 is 1.65 bits per heavy atom. The number of rotatable bonds is 6. The molecule has 0 bridgehead atoms. The summed E-state index contributed by atoms with van der Waals surface area (Å²) in [5.74, 6) is -0.384. The van der Waals surface area contributed by atoms with Crippen molar-refractivity contribution in [3.63, 3.8) is 0 Å². The average molecular weight is 280 g/mol. The summed E-state index contributed by atoms with van der Waals surface area (Å²) in [6.07, 6.45) is 0. The number of benzene rings is 2. The van der Waals surface area contributed by atoms with Crippen molar-refractivity contribution >= 4 is 0 Å². The first-order valence-electron chi connectivity index (χ1n) is 6.10. The molecule has 2 aromatic rings. The Kier molecular flexibility index (Phi) is 4.90. The smallest absolute Gasteiger partial charge is 0.161 e. The van der Waals surface area contributed by atoms with Crippen molar-refractivity contribution in [3.8, 4) is 11.5 Å². The zero-order chi connectivity index (χ0) is 14.4. The van der Waals surface area contributed by atoms with Gasteiger partial charge in [0.15, 0.2) is 11.5 Å². The van der Waals surface area contributed by atoms with Gasteiger partial charge in [0.25, 0.3) is 0 Å². The normalized spacial score (nSPS) is 10.3. The molecule has 0 heterocycles. The minimum Gasteiger partial charge on any atom is -0.487 e. The lowest BCUT2D eigenvalue weighted by Gasteiger charge is -2.12. The third-order valence-corrected chi connectivity index (χ3v) is 2.60. The maximum atomic E-state index is 13.5. The van der Waals surface area contributed by atoms with E-state index < -0.39 is 11.6 Å². The van der Waals surface area contributed by atoms with Gasteiger partial charge in [0.05, 0.1) is 6.61 Å². The van der Waals surface area contributed by atoms with Gasteiger partial charge in [-0.3, -0.25) is 0 Å². The van der Waals surface area contributed by atoms with Crippen molar-refractivity contribution in [1.29, 1.82) is 0 Å². The highest BCUT2D eigenvalue weighted by Crippen LogP contribution is 2.27. The van der Waals surface area contributed by atoms with Gasteiger partial charge >= 0.3 is 0 Å². The van der Waals surface area contributed by atoms with E-state index in [0.717, 1.165) is 6.07 Å². The number of hydrogen-bond acceptors (Lipinski definition) is 3. The Labute approximate surface area is 115 Å². The molecule has 0 saturated heterocycles. The van der Waals surface area contributed by atoms with Crippen LogP contribution >= 0.6 is 0 Å². The van der Waals surface area contributed by atoms with E-state index in [4.69, 9.17) is 14.6 Å². The topological polar surface area (TPSA) is 38.7 Å². The van der Waals surface area contributed by atoms with E-state index in [2.05, 4.69) is 0 Å². The third-order valence-electron chi connectivity index (χ3n) is 2.60. The Morgan fingerprint density at radius 1 is 0.950 bits per heavy atom. The predicted molar refractivity (Wildman–Crippen MR) is 69.7 cm³/mol. The van der Waals surface area contributed by atoms with Crippen LogP contribution in [0, 0.1) is 11.6 Å². The Bertz CT molecular complexity index is 573. The highest BCUT2D eigenvalue weighted by atomic mass is 19.1. The number of para-hydroxylation sites is 2. The van der Waals surface area contributed by atoms with Crippen LogP contribution in [-0.4, -0.2) is 18.3 Å². The highest BCUT2D eigenvalue weighted by Gasteiger charge is 2.07. The molecule has 0 saturated carbocycles. The lowest BCUT2D eigenvalue weighted by molar-refractivity contribution is 0.192. The van der Waals surface area contributed by atoms with Gasteiger partial charge in [0.1, 0.15) is 24.8 Å². The van der Waals surface area contributed by atoms with Crippen LogP contribution in [0.15, 0.2) is 42.5 Å². The van der Waals surface area contributed by atoms with Gasteiger partial charge in [0.2, 0.25) is 0 Å². The zero-order valence-electron chi connectivity index (χ0n) is 10.7. The Morgan fingerprint density at radius 3 is 2.30 bits per heavy atom. The van der Waals surface area contributed by atoms with Crippen molar-refractivity contribution in [1.82, 2.24) is 0 Å². The maximum absolute atomic E-state index is 13.5. The molecule has 0 fully saturated rings. The SMILES string of the molecule is OCCOc1ccccc1OCc1ccc(F)cc1F. The molecule has 20 heavy (non-hydrogen) atoms. The second-order valence-corrected chi connectivity index (χ2v) is 4.04. The van der Waals surface area contributed by atoms with Gasteiger partial charge in [-0.05, 0) is 24.3 Å². The summed E-state index contributed by atoms with van der Waals surface area (Å²) >= 11 is 0. The van der Waals surface area contributed by atoms with Gasteiger partial charge in [-0.2, -0.15) is 0 Å². The van der Waals surface area contributed by atoms with Crippen LogP contribution in [0.4, 0.5) is 8.78 Å². The van der Waals surface area contributed by atoms with Crippen molar-refractivity contribution in [2.45, 2.75) is 6.61 Å². The van der Waals surface area contributed by atoms with E-state index in [1.807, 2.05) is 0 Å². The Balaban J connectivity index is 2.06. The first-order chi connectivity index (χ1) is 9.70. The zero-order valence-corrected chi connectivity index (χ0v) is 10.7. The third kappa shape index (κ3) is 3.68. The lowest BCUT2D eigenvalue weighted by atomic mass is 10.2. The molecule has 1 N–H and O–H groups in total. The van der Waals surface area contributed by atoms with E-state index in [9.17, 15) is 8.78 Å². The predicted octanol–water partition coefficient (Wildman–Crippen LogP) is 2.91. The van der Waals surface area contributed by atoms with Crippen LogP contribution in [0.2, 0.25) is 0 Å². The minimum atomic E-state index is -0.654. The van der Waals surface area contributed by atoms with Crippen LogP contribution in [0.3, 0.4) is 0 Å². The molecule has 3 nitrogen and oxygen atoms in total. The van der Waals surface area contributed by atoms with Gasteiger partial charge in [-0.1, -0.05) is 12.1 Å². The Hall–Kier alpha value is -2.14. The average Bonchev–Trinajstić information content (AvgIpc) is 2.45. The molecule has 0 amide bonds. The van der Waals surface area contributed by atoms with Crippen molar-refractivity contribution in [2.24, 2.45) is 0 Å². The molecule has 0 atom stereocenters. The molecule has 0 aliphatic rings. The van der Waals surface area contributed by atoms with E-state index in [0.29, 0.717) is 11.5 Å². The minimum absolute atomic E-state index is 0.0361. The fourth-order valence-electron chi connectivity index (χ4n) is 1.64. The number of ether oxygens (including phenoxy) is 2. The van der Waals surface area contributed by atoms with Crippen molar-refractivity contribution < 1.29 is 23.4 Å². The van der Waals surface area contributed by atoms with Gasteiger partial charge in [0, 0.05) is 11.6 Å². The van der Waals surface area contributed by atoms with E-state index in [1.54, 1.807) is 24.3 Å². The second kappa shape index (κ2) is 6.86. The summed E-state index contributed by atoms with van der Waals surface area (Å²) in [4.78, 5) is 0. The number of halogens is 2. The molecular weight excluding hydrogens is 266 g/mol. The summed E-state index contributed by atoms with van der Waals surface area (Å²) < 4.78 is 37.0. The van der Waals surface area contributed by atoms with Crippen LogP contribution in [0.1, 0.15) is 5.56 Å². The molecule has 0 aromatic heterocycles. The molecule has 0 unspecified atom stereocenters. The molecule has 2 aromatic carbocycles. The van der Waals surface area contributed by atoms with Gasteiger partial charge < -0.3 is 14.6 Å². The van der Waals surface area contributed by atoms with Crippen LogP contribution in [0.25, 0.3) is 0 Å². The fourth-order valence-corrected chi connectivity index (χ4v) is 1.64. The van der Waals surface area contributed by atoms with Gasteiger partial charge in [-0.15, -0.1) is 0 Å². The first kappa shape index (κ1) is 14.3. The van der Waals surface area contributed by atoms with Crippen molar-refractivity contribution in [2.75, 3.05) is 13.2 Å². The molecule has 5 heteroatoms. The molecule has 0 aliphatic carbocycles. The maximum Gasteiger partial charge on any atom is 0.161 e. The standard InChI is InChI=1S/C15H14F2O3/c16-12-6-5-11(13(17)9-12)10-20-15-4-2-1-3-14(15)19-8-7-18/h1-6,9,18H,7-8,10H2. The molecule has 0 radical (unpaired) electrons. The first-order valence-corrected chi connectivity index (χ1v) is 6.10. The number of aliphatic hydroxyl groups is 1. The van der Waals surface area contributed by atoms with Crippen LogP contribution in [-0.2, 0) is 6.61 Å². The monoisotopic (exact) mass is 280 g/mol. The lowest BCUT2D eigenvalue weighted by Crippen LogP contribution is -2.04. The summed E-state index contributed by atoms with van der Waals surface area (Å²) in [7, 11) is 0. The summed E-state index contributed by atoms with van der Waals surface area (Å²) in [5.41, 5.74) is 0.253. The fraction of sp³-hybridized carbons (Fsp3) is 0.200. The van der Waals surface area contributed by atoms with Crippen molar-refractivity contribution in [3.05, 3.63) is 59.7 Å². The largest absolute Gasteiger partial charge is 0.487 e. The number of hydrogen-bond donors (Lipinski definition) is 1. The van der Waals surface area contributed by atoms with E-state index >= 15 is 0 Å². The van der Waals surface area contributed by atoms with Crippen LogP contribution < -0.4 is 9.47 Å². The molecule has 0 aliphatic heterocycles. The molecule has 0 spiro atoms. The second-order valence-electron chi connectivity index (χ2n) is 4.04. The summed E-state index contributed by atoms with van der Waals surface area (Å²) in [6, 6.07) is 10.2. The molecule has 106 valence electrons. The quantitative estimate of drug-likeness (QED) is 0.884.